The molecule has 33 heavy (non-hydrogen) atoms. The van der Waals surface area contributed by atoms with Gasteiger partial charge in [-0.2, -0.15) is 4.31 Å². The van der Waals surface area contributed by atoms with Crippen molar-refractivity contribution in [1.29, 1.82) is 0 Å². The van der Waals surface area contributed by atoms with Crippen molar-refractivity contribution in [2.24, 2.45) is 5.92 Å². The molecule has 1 heterocycles. The summed E-state index contributed by atoms with van der Waals surface area (Å²) in [7, 11) is -3.77. The van der Waals surface area contributed by atoms with E-state index in [0.717, 1.165) is 30.4 Å². The number of carbonyl (C=O) groups is 2. The molecule has 1 aliphatic heterocycles. The first kappa shape index (κ1) is 23.4. The van der Waals surface area contributed by atoms with Crippen LogP contribution in [0.2, 0.25) is 0 Å². The van der Waals surface area contributed by atoms with Crippen molar-refractivity contribution in [1.82, 2.24) is 9.62 Å². The number of ether oxygens (including phenoxy) is 1. The van der Waals surface area contributed by atoms with Crippen LogP contribution >= 0.6 is 0 Å². The lowest BCUT2D eigenvalue weighted by Crippen LogP contribution is -2.42. The second-order valence-corrected chi connectivity index (χ2v) is 10.8. The summed E-state index contributed by atoms with van der Waals surface area (Å²) in [6.45, 7) is 2.41. The normalized spacial score (nSPS) is 21.1. The van der Waals surface area contributed by atoms with Crippen LogP contribution in [0, 0.1) is 5.92 Å². The molecular weight excluding hydrogens is 440 g/mol. The molecule has 0 bridgehead atoms. The highest BCUT2D eigenvalue weighted by Crippen LogP contribution is 2.26. The Morgan fingerprint density at radius 3 is 2.61 bits per heavy atom. The summed E-state index contributed by atoms with van der Waals surface area (Å²) in [5, 5.41) is 2.94. The van der Waals surface area contributed by atoms with Crippen LogP contribution in [0.5, 0.6) is 0 Å². The van der Waals surface area contributed by atoms with Gasteiger partial charge in [0.2, 0.25) is 10.0 Å². The van der Waals surface area contributed by atoms with E-state index >= 15 is 0 Å². The van der Waals surface area contributed by atoms with E-state index in [1.165, 1.54) is 35.0 Å². The standard InChI is InChI=1S/C25H30N2O5S/c1-18-7-2-5-12-23(18)26-24(28)17-32-25(29)20-10-6-11-22(15-20)33(30,31)27-14-13-19-8-3-4-9-21(19)16-27/h3-4,6,8-11,15,18,23H,2,5,7,12-14,16-17H2,1H3,(H,26,28)/t18-,23+/m0/s1. The summed E-state index contributed by atoms with van der Waals surface area (Å²) in [6.07, 6.45) is 4.91. The summed E-state index contributed by atoms with van der Waals surface area (Å²) < 4.78 is 33.0. The molecule has 0 saturated heterocycles. The third-order valence-corrected chi connectivity index (χ3v) is 8.44. The van der Waals surface area contributed by atoms with Crippen LogP contribution < -0.4 is 5.32 Å². The van der Waals surface area contributed by atoms with Crippen molar-refractivity contribution in [3.05, 3.63) is 65.2 Å². The molecule has 176 valence electrons. The Morgan fingerprint density at radius 1 is 1.06 bits per heavy atom. The fraction of sp³-hybridized carbons (Fsp3) is 0.440. The number of benzene rings is 2. The van der Waals surface area contributed by atoms with Gasteiger partial charge in [0.05, 0.1) is 10.5 Å². The Bertz CT molecular complexity index is 1130. The number of carbonyl (C=O) groups excluding carboxylic acids is 2. The minimum atomic E-state index is -3.77. The monoisotopic (exact) mass is 470 g/mol. The zero-order chi connectivity index (χ0) is 23.4. The topological polar surface area (TPSA) is 92.8 Å². The maximum atomic E-state index is 13.2. The van der Waals surface area contributed by atoms with Crippen LogP contribution in [0.15, 0.2) is 53.4 Å². The summed E-state index contributed by atoms with van der Waals surface area (Å²) in [5.41, 5.74) is 2.25. The van der Waals surface area contributed by atoms with Crippen LogP contribution in [-0.2, 0) is 32.5 Å². The van der Waals surface area contributed by atoms with Crippen LogP contribution in [-0.4, -0.2) is 43.8 Å². The number of hydrogen-bond acceptors (Lipinski definition) is 5. The van der Waals surface area contributed by atoms with Gasteiger partial charge in [0.1, 0.15) is 0 Å². The molecule has 2 atom stereocenters. The third-order valence-electron chi connectivity index (χ3n) is 6.60. The molecule has 1 fully saturated rings. The van der Waals surface area contributed by atoms with E-state index in [1.807, 2.05) is 24.3 Å². The van der Waals surface area contributed by atoms with Crippen molar-refractivity contribution in [2.45, 2.75) is 56.5 Å². The lowest BCUT2D eigenvalue weighted by atomic mass is 9.86. The van der Waals surface area contributed by atoms with E-state index in [9.17, 15) is 18.0 Å². The van der Waals surface area contributed by atoms with Gasteiger partial charge in [0.25, 0.3) is 5.91 Å². The number of hydrogen-bond donors (Lipinski definition) is 1. The minimum absolute atomic E-state index is 0.0387. The largest absolute Gasteiger partial charge is 0.452 e. The minimum Gasteiger partial charge on any atom is -0.452 e. The van der Waals surface area contributed by atoms with E-state index in [-0.39, 0.29) is 29.0 Å². The third kappa shape index (κ3) is 5.45. The average molecular weight is 471 g/mol. The number of nitrogens with zero attached hydrogens (tertiary/aromatic N) is 1. The number of sulfonamides is 1. The number of esters is 1. The molecular formula is C25H30N2O5S. The van der Waals surface area contributed by atoms with Crippen LogP contribution in [0.25, 0.3) is 0 Å². The molecule has 0 spiro atoms. The number of fused-ring (bicyclic) bond motifs is 1. The van der Waals surface area contributed by atoms with Gasteiger partial charge in [0.15, 0.2) is 6.61 Å². The van der Waals surface area contributed by atoms with E-state index in [1.54, 1.807) is 0 Å². The number of rotatable bonds is 6. The maximum Gasteiger partial charge on any atom is 0.338 e. The molecule has 0 aromatic heterocycles. The Labute approximate surface area is 195 Å². The molecule has 1 N–H and O–H groups in total. The lowest BCUT2D eigenvalue weighted by Gasteiger charge is -2.29. The van der Waals surface area contributed by atoms with Gasteiger partial charge in [0, 0.05) is 19.1 Å². The van der Waals surface area contributed by atoms with Crippen molar-refractivity contribution in [2.75, 3.05) is 13.2 Å². The van der Waals surface area contributed by atoms with Gasteiger partial charge in [-0.3, -0.25) is 4.79 Å². The van der Waals surface area contributed by atoms with Crippen molar-refractivity contribution < 1.29 is 22.7 Å². The van der Waals surface area contributed by atoms with E-state index in [0.29, 0.717) is 25.4 Å². The highest BCUT2D eigenvalue weighted by Gasteiger charge is 2.29. The smallest absolute Gasteiger partial charge is 0.338 e. The molecule has 2 aliphatic rings. The van der Waals surface area contributed by atoms with Crippen molar-refractivity contribution >= 4 is 21.9 Å². The number of nitrogens with one attached hydrogen (secondary N) is 1. The van der Waals surface area contributed by atoms with Gasteiger partial charge in [-0.05, 0) is 54.5 Å². The summed E-state index contributed by atoms with van der Waals surface area (Å²) in [5.74, 6) is -0.650. The van der Waals surface area contributed by atoms with Gasteiger partial charge < -0.3 is 10.1 Å². The Morgan fingerprint density at radius 2 is 1.82 bits per heavy atom. The summed E-state index contributed by atoms with van der Waals surface area (Å²) in [6, 6.07) is 13.7. The molecule has 4 rings (SSSR count). The van der Waals surface area contributed by atoms with Crippen molar-refractivity contribution in [3.8, 4) is 0 Å². The number of amides is 1. The highest BCUT2D eigenvalue weighted by atomic mass is 32.2. The van der Waals surface area contributed by atoms with Crippen LogP contribution in [0.4, 0.5) is 0 Å². The SMILES string of the molecule is C[C@H]1CCCC[C@H]1NC(=O)COC(=O)c1cccc(S(=O)(=O)N2CCc3ccccc3C2)c1. The predicted octanol–water partition coefficient (Wildman–Crippen LogP) is 3.29. The van der Waals surface area contributed by atoms with Gasteiger partial charge in [-0.25, -0.2) is 13.2 Å². The van der Waals surface area contributed by atoms with Gasteiger partial charge in [-0.1, -0.05) is 50.1 Å². The quantitative estimate of drug-likeness (QED) is 0.654. The Kier molecular flexibility index (Phi) is 7.14. The Balaban J connectivity index is 1.39. The fourth-order valence-electron chi connectivity index (χ4n) is 4.60. The van der Waals surface area contributed by atoms with Crippen LogP contribution in [0.3, 0.4) is 0 Å². The van der Waals surface area contributed by atoms with E-state index < -0.39 is 16.0 Å². The van der Waals surface area contributed by atoms with E-state index in [2.05, 4.69) is 12.2 Å². The fourth-order valence-corrected chi connectivity index (χ4v) is 6.07. The summed E-state index contributed by atoms with van der Waals surface area (Å²) in [4.78, 5) is 24.8. The first-order chi connectivity index (χ1) is 15.8. The van der Waals surface area contributed by atoms with Crippen molar-refractivity contribution in [3.63, 3.8) is 0 Å². The molecule has 2 aromatic carbocycles. The molecule has 1 saturated carbocycles. The second kappa shape index (κ2) is 10.1. The zero-order valence-electron chi connectivity index (χ0n) is 18.8. The van der Waals surface area contributed by atoms with Gasteiger partial charge in [-0.15, -0.1) is 0 Å². The first-order valence-electron chi connectivity index (χ1n) is 11.5. The molecule has 0 radical (unpaired) electrons. The lowest BCUT2D eigenvalue weighted by molar-refractivity contribution is -0.125. The highest BCUT2D eigenvalue weighted by molar-refractivity contribution is 7.89. The maximum absolute atomic E-state index is 13.2. The average Bonchev–Trinajstić information content (AvgIpc) is 2.83. The van der Waals surface area contributed by atoms with E-state index in [4.69, 9.17) is 4.74 Å². The zero-order valence-corrected chi connectivity index (χ0v) is 19.6. The summed E-state index contributed by atoms with van der Waals surface area (Å²) >= 11 is 0. The molecule has 2 aromatic rings. The molecule has 8 heteroatoms. The van der Waals surface area contributed by atoms with Gasteiger partial charge >= 0.3 is 5.97 Å². The Hall–Kier alpha value is -2.71. The first-order valence-corrected chi connectivity index (χ1v) is 12.9. The second-order valence-electron chi connectivity index (χ2n) is 8.90. The van der Waals surface area contributed by atoms with Crippen LogP contribution in [0.1, 0.15) is 54.1 Å². The molecule has 1 aliphatic carbocycles. The molecule has 1 amide bonds. The molecule has 0 unspecified atom stereocenters. The molecule has 7 nitrogen and oxygen atoms in total. The predicted molar refractivity (Wildman–Crippen MR) is 124 cm³/mol.